The Kier molecular flexibility index (Phi) is 8.50. The van der Waals surface area contributed by atoms with Crippen molar-refractivity contribution in [1.29, 1.82) is 0 Å². The highest BCUT2D eigenvalue weighted by molar-refractivity contribution is 5.77. The molecule has 3 aliphatic heterocycles. The highest BCUT2D eigenvalue weighted by atomic mass is 16.5. The van der Waals surface area contributed by atoms with Crippen molar-refractivity contribution in [3.63, 3.8) is 0 Å². The summed E-state index contributed by atoms with van der Waals surface area (Å²) in [6, 6.07) is 10.2. The first-order valence-electron chi connectivity index (χ1n) is 15.3. The quantitative estimate of drug-likeness (QED) is 0.278. The average molecular weight is 617 g/mol. The van der Waals surface area contributed by atoms with Gasteiger partial charge in [-0.15, -0.1) is 0 Å². The van der Waals surface area contributed by atoms with E-state index in [2.05, 4.69) is 35.1 Å². The molecule has 0 unspecified atom stereocenters. The van der Waals surface area contributed by atoms with Crippen LogP contribution >= 0.6 is 0 Å². The second kappa shape index (κ2) is 12.4. The van der Waals surface area contributed by atoms with Crippen LogP contribution in [0.5, 0.6) is 34.5 Å². The number of fused-ring (bicyclic) bond motifs is 7. The lowest BCUT2D eigenvalue weighted by Crippen LogP contribution is -2.57. The van der Waals surface area contributed by atoms with Crippen LogP contribution in [-0.4, -0.2) is 78.7 Å². The Labute approximate surface area is 266 Å². The lowest BCUT2D eigenvalue weighted by atomic mass is 9.77. The molecule has 0 amide bonds. The normalized spacial score (nSPS) is 20.0. The van der Waals surface area contributed by atoms with E-state index >= 15 is 0 Å². The minimum absolute atomic E-state index is 0.131. The molecular formula is C36H44N2O7. The van der Waals surface area contributed by atoms with Crippen LogP contribution in [-0.2, 0) is 17.8 Å². The molecule has 3 aromatic rings. The Bertz CT molecular complexity index is 1620. The molecule has 0 N–H and O–H groups in total. The zero-order valence-corrected chi connectivity index (χ0v) is 27.8. The summed E-state index contributed by atoms with van der Waals surface area (Å²) in [6.45, 7) is 5.77. The average Bonchev–Trinajstić information content (AvgIpc) is 3.04. The molecule has 9 heteroatoms. The fourth-order valence-corrected chi connectivity index (χ4v) is 7.77. The van der Waals surface area contributed by atoms with Crippen molar-refractivity contribution < 1.29 is 33.2 Å². The minimum atomic E-state index is -0.164. The molecule has 3 aliphatic rings. The molecular weight excluding hydrogens is 572 g/mol. The highest BCUT2D eigenvalue weighted by Crippen LogP contribution is 2.58. The summed E-state index contributed by atoms with van der Waals surface area (Å²) in [5.41, 5.74) is 8.28. The topological polar surface area (TPSA) is 71.1 Å². The Morgan fingerprint density at radius 1 is 0.711 bits per heavy atom. The Morgan fingerprint density at radius 3 is 1.89 bits per heavy atom. The molecule has 3 atom stereocenters. The van der Waals surface area contributed by atoms with Crippen molar-refractivity contribution in [3.05, 3.63) is 75.0 Å². The summed E-state index contributed by atoms with van der Waals surface area (Å²) in [5.74, 6) is 4.42. The van der Waals surface area contributed by atoms with E-state index in [9.17, 15) is 0 Å². The summed E-state index contributed by atoms with van der Waals surface area (Å²) in [6.07, 6.45) is 3.06. The molecule has 0 aromatic heterocycles. The van der Waals surface area contributed by atoms with Crippen molar-refractivity contribution in [1.82, 2.24) is 9.80 Å². The van der Waals surface area contributed by atoms with Crippen LogP contribution in [0.4, 0.5) is 0 Å². The van der Waals surface area contributed by atoms with Gasteiger partial charge < -0.3 is 38.1 Å². The van der Waals surface area contributed by atoms with Gasteiger partial charge in [-0.3, -0.25) is 4.90 Å². The molecule has 45 heavy (non-hydrogen) atoms. The van der Waals surface area contributed by atoms with E-state index in [0.29, 0.717) is 30.5 Å². The second-order valence-electron chi connectivity index (χ2n) is 11.8. The molecule has 240 valence electrons. The molecule has 1 fully saturated rings. The standard InChI is InChI=1S/C36H44N2O7/c1-20-31(39-4)24-15-23-17-38-26(30(37(23)3)29(24)36(44-9)34(20)42-7)16-25-28(27(38)19-45-18-22-13-11-10-12-14-22)35(43-8)33(41-6)21(2)32(25)40-5/h10-14,16,23,27,30H,15,17-19H2,1-9H3/t23-,27-,30+/m0/s1. The van der Waals surface area contributed by atoms with Gasteiger partial charge in [-0.1, -0.05) is 30.3 Å². The van der Waals surface area contributed by atoms with E-state index < -0.39 is 0 Å². The number of benzene rings is 3. The molecule has 0 spiro atoms. The van der Waals surface area contributed by atoms with E-state index in [1.165, 1.54) is 5.56 Å². The lowest BCUT2D eigenvalue weighted by molar-refractivity contribution is 0.00715. The van der Waals surface area contributed by atoms with Crippen LogP contribution < -0.4 is 28.4 Å². The van der Waals surface area contributed by atoms with Gasteiger partial charge in [0.25, 0.3) is 0 Å². The third-order valence-corrected chi connectivity index (χ3v) is 9.73. The van der Waals surface area contributed by atoms with Gasteiger partial charge in [-0.2, -0.15) is 0 Å². The van der Waals surface area contributed by atoms with Crippen LogP contribution in [0.1, 0.15) is 51.0 Å². The predicted molar refractivity (Wildman–Crippen MR) is 173 cm³/mol. The zero-order valence-electron chi connectivity index (χ0n) is 27.8. The van der Waals surface area contributed by atoms with Gasteiger partial charge in [-0.25, -0.2) is 0 Å². The first-order chi connectivity index (χ1) is 21.8. The SMILES string of the molecule is COc1c(C)c(OC)c(OC)c2c1C=C1[C@@H]3c4c(c(OC)c(C)c(OC)c4OC)C[C@@H](CN1[C@H]2COCc1ccccc1)N3C. The van der Waals surface area contributed by atoms with Crippen LogP contribution in [0, 0.1) is 13.8 Å². The molecule has 0 radical (unpaired) electrons. The van der Waals surface area contributed by atoms with Gasteiger partial charge in [-0.05, 0) is 39.0 Å². The van der Waals surface area contributed by atoms with Crippen molar-refractivity contribution in [2.45, 2.75) is 45.0 Å². The maximum absolute atomic E-state index is 6.51. The summed E-state index contributed by atoms with van der Waals surface area (Å²) in [4.78, 5) is 4.94. The number of likely N-dealkylation sites (N-methyl/N-ethyl adjacent to an activating group) is 1. The van der Waals surface area contributed by atoms with Crippen molar-refractivity contribution in [2.24, 2.45) is 0 Å². The smallest absolute Gasteiger partial charge is 0.167 e. The zero-order chi connectivity index (χ0) is 32.0. The van der Waals surface area contributed by atoms with Crippen LogP contribution in [0.25, 0.3) is 6.08 Å². The number of nitrogens with zero attached hydrogens (tertiary/aromatic N) is 2. The minimum Gasteiger partial charge on any atom is -0.496 e. The third kappa shape index (κ3) is 4.75. The fraction of sp³-hybridized carbons (Fsp3) is 0.444. The number of piperazine rings is 1. The molecule has 0 saturated carbocycles. The van der Waals surface area contributed by atoms with Crippen molar-refractivity contribution >= 4 is 6.08 Å². The summed E-state index contributed by atoms with van der Waals surface area (Å²) >= 11 is 0. The van der Waals surface area contributed by atoms with Crippen molar-refractivity contribution in [3.8, 4) is 34.5 Å². The highest BCUT2D eigenvalue weighted by Gasteiger charge is 2.49. The first kappa shape index (κ1) is 30.9. The number of hydrogen-bond acceptors (Lipinski definition) is 9. The molecule has 2 bridgehead atoms. The molecule has 0 aliphatic carbocycles. The van der Waals surface area contributed by atoms with E-state index in [-0.39, 0.29) is 18.1 Å². The molecule has 3 aromatic carbocycles. The monoisotopic (exact) mass is 616 g/mol. The Balaban J connectivity index is 1.59. The van der Waals surface area contributed by atoms with Gasteiger partial charge in [0.1, 0.15) is 11.5 Å². The van der Waals surface area contributed by atoms with Crippen LogP contribution in [0.2, 0.25) is 0 Å². The van der Waals surface area contributed by atoms with E-state index in [1.807, 2.05) is 32.0 Å². The Hall–Kier alpha value is -4.08. The summed E-state index contributed by atoms with van der Waals surface area (Å²) < 4.78 is 42.8. The maximum Gasteiger partial charge on any atom is 0.167 e. The van der Waals surface area contributed by atoms with E-state index in [4.69, 9.17) is 33.2 Å². The fourth-order valence-electron chi connectivity index (χ4n) is 7.77. The molecule has 3 heterocycles. The van der Waals surface area contributed by atoms with Gasteiger partial charge in [0.05, 0.1) is 68.0 Å². The van der Waals surface area contributed by atoms with Crippen LogP contribution in [0.15, 0.2) is 36.0 Å². The number of ether oxygens (including phenoxy) is 7. The lowest BCUT2D eigenvalue weighted by Gasteiger charge is -2.55. The van der Waals surface area contributed by atoms with E-state index in [0.717, 1.165) is 69.3 Å². The van der Waals surface area contributed by atoms with E-state index in [1.54, 1.807) is 42.7 Å². The van der Waals surface area contributed by atoms with Gasteiger partial charge in [0.2, 0.25) is 0 Å². The Morgan fingerprint density at radius 2 is 1.29 bits per heavy atom. The largest absolute Gasteiger partial charge is 0.496 e. The number of methoxy groups -OCH3 is 6. The molecule has 1 saturated heterocycles. The molecule has 6 rings (SSSR count). The summed E-state index contributed by atoms with van der Waals surface area (Å²) in [5, 5.41) is 0. The summed E-state index contributed by atoms with van der Waals surface area (Å²) in [7, 11) is 12.4. The van der Waals surface area contributed by atoms with Gasteiger partial charge in [0.15, 0.2) is 23.0 Å². The van der Waals surface area contributed by atoms with Crippen LogP contribution in [0.3, 0.4) is 0 Å². The van der Waals surface area contributed by atoms with Gasteiger partial charge >= 0.3 is 0 Å². The number of hydrogen-bond donors (Lipinski definition) is 0. The maximum atomic E-state index is 6.51. The number of rotatable bonds is 10. The first-order valence-corrected chi connectivity index (χ1v) is 15.3. The predicted octanol–water partition coefficient (Wildman–Crippen LogP) is 5.88. The third-order valence-electron chi connectivity index (χ3n) is 9.73. The molecule has 9 nitrogen and oxygen atoms in total. The second-order valence-corrected chi connectivity index (χ2v) is 11.8. The van der Waals surface area contributed by atoms with Crippen molar-refractivity contribution in [2.75, 3.05) is 62.9 Å². The van der Waals surface area contributed by atoms with Gasteiger partial charge in [0, 0.05) is 51.7 Å².